The van der Waals surface area contributed by atoms with Gasteiger partial charge in [-0.15, -0.1) is 0 Å². The fourth-order valence-electron chi connectivity index (χ4n) is 7.09. The molecule has 2 aliphatic heterocycles. The monoisotopic (exact) mass is 801 g/mol. The largest absolute Gasteiger partial charge is 0.507 e. The number of unbranched alkanes of at least 4 members (excludes halogenated alkanes) is 13. The van der Waals surface area contributed by atoms with Gasteiger partial charge in [0, 0.05) is 32.0 Å². The molecule has 2 heterocycles. The van der Waals surface area contributed by atoms with Crippen molar-refractivity contribution in [3.05, 3.63) is 29.8 Å². The number of phenolic OH excluding ortho intramolecular Hbond substituents is 1. The first-order chi connectivity index (χ1) is 27.5. The normalized spacial score (nSPS) is 17.9. The Balaban J connectivity index is 1.44. The van der Waals surface area contributed by atoms with Crippen molar-refractivity contribution in [2.75, 3.05) is 19.7 Å². The molecule has 15 heteroatoms. The van der Waals surface area contributed by atoms with E-state index in [1.807, 2.05) is 0 Å². The van der Waals surface area contributed by atoms with Gasteiger partial charge in [-0.3, -0.25) is 34.4 Å². The van der Waals surface area contributed by atoms with Crippen LogP contribution in [0.3, 0.4) is 0 Å². The molecular formula is C42H68N6O9. The van der Waals surface area contributed by atoms with E-state index in [-0.39, 0.29) is 56.5 Å². The molecule has 0 aromatic heterocycles. The van der Waals surface area contributed by atoms with E-state index in [0.29, 0.717) is 49.2 Å². The third kappa shape index (κ3) is 17.8. The topological polar surface area (TPSA) is 210 Å². The lowest BCUT2D eigenvalue weighted by Gasteiger charge is -2.23. The summed E-state index contributed by atoms with van der Waals surface area (Å²) < 4.78 is 5.59. The van der Waals surface area contributed by atoms with Crippen LogP contribution in [0.4, 0.5) is 0 Å². The van der Waals surface area contributed by atoms with Crippen molar-refractivity contribution in [1.29, 1.82) is 0 Å². The van der Waals surface area contributed by atoms with Crippen molar-refractivity contribution in [1.82, 2.24) is 26.1 Å². The number of benzene rings is 1. The summed E-state index contributed by atoms with van der Waals surface area (Å²) in [6.45, 7) is 4.05. The smallest absolute Gasteiger partial charge is 0.268 e. The van der Waals surface area contributed by atoms with E-state index >= 15 is 0 Å². The number of amides is 5. The van der Waals surface area contributed by atoms with Crippen LogP contribution >= 0.6 is 0 Å². The van der Waals surface area contributed by atoms with Crippen molar-refractivity contribution in [2.45, 2.75) is 173 Å². The molecule has 0 spiro atoms. The van der Waals surface area contributed by atoms with Gasteiger partial charge in [-0.05, 0) is 64.0 Å². The van der Waals surface area contributed by atoms with Crippen LogP contribution < -0.4 is 16.0 Å². The predicted octanol–water partition coefficient (Wildman–Crippen LogP) is 5.67. The minimum absolute atomic E-state index is 0.0505. The zero-order valence-corrected chi connectivity index (χ0v) is 34.2. The van der Waals surface area contributed by atoms with E-state index in [0.717, 1.165) is 24.3 Å². The first kappa shape index (κ1) is 47.1. The molecule has 57 heavy (non-hydrogen) atoms. The van der Waals surface area contributed by atoms with E-state index in [1.165, 1.54) is 63.9 Å². The second kappa shape index (κ2) is 26.6. The molecule has 1 aromatic carbocycles. The quantitative estimate of drug-likeness (QED) is 0.0367. The van der Waals surface area contributed by atoms with Crippen LogP contribution in [0, 0.1) is 0 Å². The molecule has 0 aliphatic carbocycles. The van der Waals surface area contributed by atoms with E-state index in [9.17, 15) is 39.5 Å². The van der Waals surface area contributed by atoms with Crippen LogP contribution in [0.25, 0.3) is 0 Å². The van der Waals surface area contributed by atoms with Gasteiger partial charge in [0.15, 0.2) is 6.04 Å². The summed E-state index contributed by atoms with van der Waals surface area (Å²) in [4.78, 5) is 68.9. The van der Waals surface area contributed by atoms with Crippen molar-refractivity contribution in [3.8, 4) is 5.75 Å². The summed E-state index contributed by atoms with van der Waals surface area (Å²) >= 11 is 0. The Hall–Kier alpha value is -4.24. The number of ether oxygens (including phenoxy) is 1. The first-order valence-corrected chi connectivity index (χ1v) is 21.4. The minimum atomic E-state index is -1.03. The number of carbonyl (C=O) groups excluding carboxylic acids is 5. The Bertz CT molecular complexity index is 1440. The maximum absolute atomic E-state index is 13.5. The Labute approximate surface area is 338 Å². The highest BCUT2D eigenvalue weighted by Crippen LogP contribution is 2.21. The molecule has 5 amide bonds. The highest BCUT2D eigenvalue weighted by molar-refractivity contribution is 6.01. The summed E-state index contributed by atoms with van der Waals surface area (Å²) in [6.07, 6.45) is 18.3. The third-order valence-corrected chi connectivity index (χ3v) is 10.5. The molecule has 320 valence electrons. The molecule has 0 radical (unpaired) electrons. The second-order valence-electron chi connectivity index (χ2n) is 15.5. The van der Waals surface area contributed by atoms with Gasteiger partial charge < -0.3 is 25.8 Å². The minimum Gasteiger partial charge on any atom is -0.507 e. The SMILES string of the molecule is CCCCCCCCCCCCCCCC(=O)N(O)CCCC[C@H](NC(=O)[C@@H]1COC(c2ccccc2O)=N1)C(=O)NC(C)CC(=O)N[C@H]1CCCCN(O)C1=O. The van der Waals surface area contributed by atoms with Crippen molar-refractivity contribution in [3.63, 3.8) is 0 Å². The van der Waals surface area contributed by atoms with Gasteiger partial charge in [0.2, 0.25) is 29.5 Å². The maximum atomic E-state index is 13.5. The lowest BCUT2D eigenvalue weighted by molar-refractivity contribution is -0.167. The molecule has 0 saturated carbocycles. The number of hydrogen-bond acceptors (Lipinski definition) is 10. The van der Waals surface area contributed by atoms with Gasteiger partial charge in [0.25, 0.3) is 5.91 Å². The molecule has 6 N–H and O–H groups in total. The van der Waals surface area contributed by atoms with Crippen molar-refractivity contribution >= 4 is 35.4 Å². The number of carbonyl (C=O) groups is 5. The van der Waals surface area contributed by atoms with E-state index < -0.39 is 47.8 Å². The Kier molecular flexibility index (Phi) is 22.0. The van der Waals surface area contributed by atoms with Crippen LogP contribution in [0.1, 0.15) is 154 Å². The molecule has 1 unspecified atom stereocenters. The van der Waals surface area contributed by atoms with Crippen LogP contribution in [0.15, 0.2) is 29.3 Å². The van der Waals surface area contributed by atoms with E-state index in [1.54, 1.807) is 25.1 Å². The van der Waals surface area contributed by atoms with Gasteiger partial charge in [-0.2, -0.15) is 0 Å². The van der Waals surface area contributed by atoms with Crippen LogP contribution in [0.2, 0.25) is 0 Å². The lowest BCUT2D eigenvalue weighted by atomic mass is 10.0. The molecule has 1 aromatic rings. The van der Waals surface area contributed by atoms with Gasteiger partial charge in [-0.25, -0.2) is 15.1 Å². The van der Waals surface area contributed by atoms with Gasteiger partial charge in [0.1, 0.15) is 24.4 Å². The summed E-state index contributed by atoms with van der Waals surface area (Å²) in [7, 11) is 0. The van der Waals surface area contributed by atoms with Crippen LogP contribution in [0.5, 0.6) is 5.75 Å². The van der Waals surface area contributed by atoms with Gasteiger partial charge >= 0.3 is 0 Å². The molecular weight excluding hydrogens is 732 g/mol. The summed E-state index contributed by atoms with van der Waals surface area (Å²) in [5, 5.41) is 40.0. The van der Waals surface area contributed by atoms with Gasteiger partial charge in [-0.1, -0.05) is 96.1 Å². The number of nitrogens with zero attached hydrogens (tertiary/aromatic N) is 3. The van der Waals surface area contributed by atoms with Crippen molar-refractivity contribution < 1.29 is 44.2 Å². The molecule has 1 fully saturated rings. The maximum Gasteiger partial charge on any atom is 0.268 e. The Morgan fingerprint density at radius 3 is 2.23 bits per heavy atom. The number of para-hydroxylation sites is 1. The Morgan fingerprint density at radius 2 is 1.56 bits per heavy atom. The summed E-state index contributed by atoms with van der Waals surface area (Å²) in [5.74, 6) is -2.45. The van der Waals surface area contributed by atoms with E-state index in [2.05, 4.69) is 27.9 Å². The second-order valence-corrected chi connectivity index (χ2v) is 15.5. The molecule has 3 rings (SSSR count). The molecule has 4 atom stereocenters. The number of aliphatic imine (C=N–C) groups is 1. The number of hydroxylamine groups is 4. The zero-order valence-electron chi connectivity index (χ0n) is 34.2. The predicted molar refractivity (Wildman–Crippen MR) is 215 cm³/mol. The average Bonchev–Trinajstić information content (AvgIpc) is 3.63. The average molecular weight is 801 g/mol. The van der Waals surface area contributed by atoms with Gasteiger partial charge in [0.05, 0.1) is 5.56 Å². The number of phenols is 1. The third-order valence-electron chi connectivity index (χ3n) is 10.5. The van der Waals surface area contributed by atoms with Crippen LogP contribution in [-0.4, -0.2) is 105 Å². The molecule has 15 nitrogen and oxygen atoms in total. The van der Waals surface area contributed by atoms with Crippen LogP contribution in [-0.2, 0) is 28.7 Å². The number of hydrogen-bond donors (Lipinski definition) is 6. The Morgan fingerprint density at radius 1 is 0.912 bits per heavy atom. The molecule has 1 saturated heterocycles. The number of aromatic hydroxyl groups is 1. The number of nitrogens with one attached hydrogen (secondary N) is 3. The molecule has 2 aliphatic rings. The summed E-state index contributed by atoms with van der Waals surface area (Å²) in [6, 6.07) is 2.91. The first-order valence-electron chi connectivity index (χ1n) is 21.4. The standard InChI is InChI=1S/C42H68N6O9/c1-3-4-5-6-7-8-9-10-11-12-13-14-15-26-38(51)47(55)27-20-18-23-33(45-40(53)35-30-57-41(46-35)32-22-16-17-25-36(32)49)39(52)43-31(2)29-37(50)44-34-24-19-21-28-48(56)42(34)54/h16-17,22,25,31,33-35,49,55-56H,3-15,18-21,23-24,26-30H2,1-2H3,(H,43,52)(H,44,50)(H,45,53)/t31?,33-,34-,35-/m0/s1. The molecule has 0 bridgehead atoms. The number of rotatable bonds is 27. The summed E-state index contributed by atoms with van der Waals surface area (Å²) in [5.41, 5.74) is 0.337. The fourth-order valence-corrected chi connectivity index (χ4v) is 7.09. The zero-order chi connectivity index (χ0) is 41.4. The fraction of sp³-hybridized carbons (Fsp3) is 0.714. The van der Waals surface area contributed by atoms with Crippen molar-refractivity contribution in [2.24, 2.45) is 4.99 Å². The highest BCUT2D eigenvalue weighted by Gasteiger charge is 2.32. The lowest BCUT2D eigenvalue weighted by Crippen LogP contribution is -2.52. The highest BCUT2D eigenvalue weighted by atomic mass is 16.5. The van der Waals surface area contributed by atoms with E-state index in [4.69, 9.17) is 4.74 Å².